The summed E-state index contributed by atoms with van der Waals surface area (Å²) in [5.41, 5.74) is 0.115. The van der Waals surface area contributed by atoms with Crippen LogP contribution in [-0.4, -0.2) is 58.7 Å². The summed E-state index contributed by atoms with van der Waals surface area (Å²) in [7, 11) is 1.57. The minimum absolute atomic E-state index is 0.167. The molecule has 1 fully saturated rings. The number of nitrogens with one attached hydrogen (secondary N) is 1. The molecule has 29 heavy (non-hydrogen) atoms. The quantitative estimate of drug-likeness (QED) is 0.613. The molecular formula is C20H22BrN5O2S. The summed E-state index contributed by atoms with van der Waals surface area (Å²) in [6.45, 7) is 4.89. The predicted molar refractivity (Wildman–Crippen MR) is 118 cm³/mol. The van der Waals surface area contributed by atoms with Gasteiger partial charge in [0.05, 0.1) is 15.8 Å². The summed E-state index contributed by atoms with van der Waals surface area (Å²) >= 11 is 5.27. The summed E-state index contributed by atoms with van der Waals surface area (Å²) in [5.74, 6) is -0.290. The van der Waals surface area contributed by atoms with E-state index in [0.29, 0.717) is 17.4 Å². The first-order chi connectivity index (χ1) is 14.0. The average Bonchev–Trinajstić information content (AvgIpc) is 3.15. The highest BCUT2D eigenvalue weighted by Gasteiger charge is 2.20. The Morgan fingerprint density at radius 3 is 2.45 bits per heavy atom. The lowest BCUT2D eigenvalue weighted by atomic mass is 10.1. The molecule has 3 heterocycles. The normalized spacial score (nSPS) is 15.7. The van der Waals surface area contributed by atoms with Crippen LogP contribution in [0.1, 0.15) is 15.4 Å². The summed E-state index contributed by atoms with van der Waals surface area (Å²) in [6, 6.07) is 11.4. The van der Waals surface area contributed by atoms with Crippen molar-refractivity contribution in [1.29, 1.82) is 0 Å². The van der Waals surface area contributed by atoms with E-state index in [-0.39, 0.29) is 17.2 Å². The van der Waals surface area contributed by atoms with Crippen LogP contribution in [0.25, 0.3) is 10.8 Å². The van der Waals surface area contributed by atoms with Crippen LogP contribution in [0.5, 0.6) is 0 Å². The average molecular weight is 476 g/mol. The van der Waals surface area contributed by atoms with Crippen molar-refractivity contribution in [1.82, 2.24) is 24.9 Å². The number of halogens is 1. The molecule has 152 valence electrons. The lowest BCUT2D eigenvalue weighted by Gasteiger charge is -2.34. The first-order valence-corrected chi connectivity index (χ1v) is 11.1. The number of amides is 1. The van der Waals surface area contributed by atoms with Crippen molar-refractivity contribution >= 4 is 43.9 Å². The van der Waals surface area contributed by atoms with E-state index in [0.717, 1.165) is 36.5 Å². The number of fused-ring (bicyclic) bond motifs is 1. The van der Waals surface area contributed by atoms with Crippen LogP contribution < -0.4 is 10.9 Å². The molecular weight excluding hydrogens is 454 g/mol. The van der Waals surface area contributed by atoms with Crippen LogP contribution in [-0.2, 0) is 13.2 Å². The Bertz CT molecular complexity index is 1090. The lowest BCUT2D eigenvalue weighted by Crippen LogP contribution is -2.47. The Hall–Kier alpha value is -2.07. The fourth-order valence-electron chi connectivity index (χ4n) is 3.55. The molecule has 0 bridgehead atoms. The summed E-state index contributed by atoms with van der Waals surface area (Å²) < 4.78 is 2.57. The molecule has 1 amide bonds. The highest BCUT2D eigenvalue weighted by Crippen LogP contribution is 2.23. The molecule has 3 aromatic rings. The van der Waals surface area contributed by atoms with Gasteiger partial charge in [-0.05, 0) is 34.1 Å². The van der Waals surface area contributed by atoms with E-state index in [1.165, 1.54) is 9.56 Å². The van der Waals surface area contributed by atoms with Crippen molar-refractivity contribution in [2.24, 2.45) is 0 Å². The Morgan fingerprint density at radius 2 is 1.79 bits per heavy atom. The van der Waals surface area contributed by atoms with Gasteiger partial charge in [0.2, 0.25) is 0 Å². The topological polar surface area (TPSA) is 70.5 Å². The van der Waals surface area contributed by atoms with Crippen LogP contribution in [0.15, 0.2) is 45.0 Å². The standard InChI is InChI=1S/C20H22BrN5O2S/c1-22-19(27)18-15-4-2-3-5-16(15)20(28)26(23-18)13-25-10-8-24(9-11-25)12-14-6-7-17(21)29-14/h2-7H,8-13H2,1H3,(H,22,27). The molecule has 1 aromatic carbocycles. The van der Waals surface area contributed by atoms with Crippen molar-refractivity contribution < 1.29 is 4.79 Å². The van der Waals surface area contributed by atoms with E-state index in [1.54, 1.807) is 30.5 Å². The minimum Gasteiger partial charge on any atom is -0.354 e. The van der Waals surface area contributed by atoms with Crippen LogP contribution in [0.4, 0.5) is 0 Å². The van der Waals surface area contributed by atoms with E-state index in [4.69, 9.17) is 0 Å². The number of benzene rings is 1. The molecule has 0 unspecified atom stereocenters. The van der Waals surface area contributed by atoms with Crippen molar-refractivity contribution in [3.8, 4) is 0 Å². The zero-order valence-corrected chi connectivity index (χ0v) is 18.5. The summed E-state index contributed by atoms with van der Waals surface area (Å²) in [4.78, 5) is 31.2. The van der Waals surface area contributed by atoms with Crippen molar-refractivity contribution in [2.75, 3.05) is 33.2 Å². The maximum absolute atomic E-state index is 12.9. The van der Waals surface area contributed by atoms with Crippen LogP contribution in [0.3, 0.4) is 0 Å². The Morgan fingerprint density at radius 1 is 1.10 bits per heavy atom. The van der Waals surface area contributed by atoms with Gasteiger partial charge in [-0.25, -0.2) is 4.68 Å². The molecule has 0 radical (unpaired) electrons. The highest BCUT2D eigenvalue weighted by atomic mass is 79.9. The van der Waals surface area contributed by atoms with Gasteiger partial charge < -0.3 is 5.32 Å². The number of rotatable bonds is 5. The maximum atomic E-state index is 12.9. The van der Waals surface area contributed by atoms with E-state index in [2.05, 4.69) is 48.3 Å². The fraction of sp³-hybridized carbons (Fsp3) is 0.350. The fourth-order valence-corrected chi connectivity index (χ4v) is 5.08. The first kappa shape index (κ1) is 20.2. The second kappa shape index (κ2) is 8.74. The molecule has 0 atom stereocenters. The SMILES string of the molecule is CNC(=O)c1nn(CN2CCN(Cc3ccc(Br)s3)CC2)c(=O)c2ccccc12. The Balaban J connectivity index is 1.49. The van der Waals surface area contributed by atoms with E-state index in [1.807, 2.05) is 12.1 Å². The van der Waals surface area contributed by atoms with E-state index < -0.39 is 0 Å². The number of carbonyl (C=O) groups excluding carboxylic acids is 1. The number of carbonyl (C=O) groups is 1. The summed E-state index contributed by atoms with van der Waals surface area (Å²) in [5, 5.41) is 8.10. The van der Waals surface area contributed by atoms with Gasteiger partial charge in [-0.1, -0.05) is 18.2 Å². The van der Waals surface area contributed by atoms with Crippen molar-refractivity contribution in [2.45, 2.75) is 13.2 Å². The molecule has 2 aromatic heterocycles. The number of piperazine rings is 1. The molecule has 1 N–H and O–H groups in total. The third-order valence-corrected chi connectivity index (χ3v) is 6.73. The molecule has 0 spiro atoms. The number of aromatic nitrogens is 2. The zero-order chi connectivity index (χ0) is 20.4. The third-order valence-electron chi connectivity index (χ3n) is 5.12. The Labute approximate surface area is 181 Å². The number of nitrogens with zero attached hydrogens (tertiary/aromatic N) is 4. The molecule has 1 aliphatic rings. The van der Waals surface area contributed by atoms with Gasteiger partial charge in [-0.2, -0.15) is 5.10 Å². The van der Waals surface area contributed by atoms with Crippen molar-refractivity contribution in [3.63, 3.8) is 0 Å². The van der Waals surface area contributed by atoms with E-state index >= 15 is 0 Å². The largest absolute Gasteiger partial charge is 0.354 e. The van der Waals surface area contributed by atoms with Gasteiger partial charge in [0.25, 0.3) is 11.5 Å². The first-order valence-electron chi connectivity index (χ1n) is 9.46. The molecule has 9 heteroatoms. The number of thiophene rings is 1. The van der Waals surface area contributed by atoms with Gasteiger partial charge in [-0.15, -0.1) is 11.3 Å². The van der Waals surface area contributed by atoms with Crippen molar-refractivity contribution in [3.05, 3.63) is 61.1 Å². The monoisotopic (exact) mass is 475 g/mol. The molecule has 7 nitrogen and oxygen atoms in total. The molecule has 0 aliphatic carbocycles. The summed E-state index contributed by atoms with van der Waals surface area (Å²) in [6.07, 6.45) is 0. The second-order valence-corrected chi connectivity index (χ2v) is 9.57. The molecule has 1 saturated heterocycles. The van der Waals surface area contributed by atoms with Gasteiger partial charge in [-0.3, -0.25) is 19.4 Å². The molecule has 4 rings (SSSR count). The number of hydrogen-bond donors (Lipinski definition) is 1. The molecule has 0 saturated carbocycles. The maximum Gasteiger partial charge on any atom is 0.275 e. The van der Waals surface area contributed by atoms with Crippen LogP contribution >= 0.6 is 27.3 Å². The van der Waals surface area contributed by atoms with Gasteiger partial charge in [0.1, 0.15) is 0 Å². The Kier molecular flexibility index (Phi) is 6.09. The second-order valence-electron chi connectivity index (χ2n) is 7.02. The van der Waals surface area contributed by atoms with Gasteiger partial charge in [0.15, 0.2) is 5.69 Å². The smallest absolute Gasteiger partial charge is 0.275 e. The van der Waals surface area contributed by atoms with E-state index in [9.17, 15) is 9.59 Å². The van der Waals surface area contributed by atoms with Gasteiger partial charge in [0, 0.05) is 50.0 Å². The van der Waals surface area contributed by atoms with Crippen LogP contribution in [0.2, 0.25) is 0 Å². The third kappa shape index (κ3) is 4.42. The molecule has 1 aliphatic heterocycles. The number of hydrogen-bond acceptors (Lipinski definition) is 6. The lowest BCUT2D eigenvalue weighted by molar-refractivity contribution is 0.0928. The minimum atomic E-state index is -0.290. The highest BCUT2D eigenvalue weighted by molar-refractivity contribution is 9.11. The van der Waals surface area contributed by atoms with Gasteiger partial charge >= 0.3 is 0 Å². The predicted octanol–water partition coefficient (Wildman–Crippen LogP) is 2.36. The zero-order valence-electron chi connectivity index (χ0n) is 16.1. The van der Waals surface area contributed by atoms with Crippen LogP contribution in [0, 0.1) is 0 Å².